The van der Waals surface area contributed by atoms with Gasteiger partial charge < -0.3 is 10.2 Å². The number of carbonyl (C=O) groups excluding carboxylic acids is 2. The van der Waals surface area contributed by atoms with Gasteiger partial charge in [-0.15, -0.1) is 11.3 Å². The summed E-state index contributed by atoms with van der Waals surface area (Å²) in [6, 6.07) is 0. The first-order valence-corrected chi connectivity index (χ1v) is 9.29. The molecule has 1 aromatic heterocycles. The Morgan fingerprint density at radius 3 is 2.86 bits per heavy atom. The van der Waals surface area contributed by atoms with Crippen molar-refractivity contribution in [3.63, 3.8) is 0 Å². The molecule has 1 fully saturated rings. The third-order valence-corrected chi connectivity index (χ3v) is 5.73. The fourth-order valence-corrected chi connectivity index (χ4v) is 4.48. The van der Waals surface area contributed by atoms with E-state index in [-0.39, 0.29) is 11.8 Å². The van der Waals surface area contributed by atoms with Gasteiger partial charge in [-0.05, 0) is 44.1 Å². The van der Waals surface area contributed by atoms with Crippen LogP contribution in [0.1, 0.15) is 59.3 Å². The molecule has 0 bridgehead atoms. The number of nitrogens with zero attached hydrogens (tertiary/aromatic N) is 1. The molecule has 0 saturated carbocycles. The van der Waals surface area contributed by atoms with Crippen molar-refractivity contribution in [2.75, 3.05) is 19.6 Å². The first-order chi connectivity index (χ1) is 10.8. The quantitative estimate of drug-likeness (QED) is 0.927. The number of amides is 2. The summed E-state index contributed by atoms with van der Waals surface area (Å²) in [7, 11) is 0. The number of fused-ring (bicyclic) bond motifs is 1. The van der Waals surface area contributed by atoms with Crippen LogP contribution >= 0.6 is 11.3 Å². The molecule has 1 aromatic rings. The summed E-state index contributed by atoms with van der Waals surface area (Å²) < 4.78 is 0. The molecule has 2 heterocycles. The monoisotopic (exact) mass is 320 g/mol. The lowest BCUT2D eigenvalue weighted by molar-refractivity contribution is -0.130. The molecule has 2 amide bonds. The second kappa shape index (κ2) is 7.27. The van der Waals surface area contributed by atoms with Crippen molar-refractivity contribution in [2.24, 2.45) is 0 Å². The third kappa shape index (κ3) is 3.51. The molecule has 5 heteroatoms. The highest BCUT2D eigenvalue weighted by Crippen LogP contribution is 2.30. The normalized spacial score (nSPS) is 18.7. The van der Waals surface area contributed by atoms with Crippen LogP contribution in [0.3, 0.4) is 0 Å². The lowest BCUT2D eigenvalue weighted by atomic mass is 9.96. The van der Waals surface area contributed by atoms with Gasteiger partial charge in [-0.3, -0.25) is 9.59 Å². The van der Waals surface area contributed by atoms with Crippen LogP contribution in [-0.4, -0.2) is 36.3 Å². The van der Waals surface area contributed by atoms with Crippen LogP contribution in [0, 0.1) is 0 Å². The summed E-state index contributed by atoms with van der Waals surface area (Å²) in [6.07, 6.45) is 8.46. The van der Waals surface area contributed by atoms with E-state index in [2.05, 4.69) is 5.32 Å². The third-order valence-electron chi connectivity index (χ3n) is 4.64. The van der Waals surface area contributed by atoms with Gasteiger partial charge in [-0.25, -0.2) is 0 Å². The number of hydrogen-bond donors (Lipinski definition) is 1. The van der Waals surface area contributed by atoms with Crippen molar-refractivity contribution in [3.05, 3.63) is 21.4 Å². The number of carbonyl (C=O) groups is 2. The Balaban J connectivity index is 1.52. The minimum absolute atomic E-state index is 0.0293. The Hall–Kier alpha value is -1.36. The van der Waals surface area contributed by atoms with Gasteiger partial charge in [-0.2, -0.15) is 0 Å². The number of nitrogens with one attached hydrogen (secondary N) is 1. The Labute approximate surface area is 135 Å². The van der Waals surface area contributed by atoms with Crippen LogP contribution in [0.4, 0.5) is 0 Å². The molecule has 3 rings (SSSR count). The summed E-state index contributed by atoms with van der Waals surface area (Å²) in [5.41, 5.74) is 2.13. The van der Waals surface area contributed by atoms with Gasteiger partial charge >= 0.3 is 0 Å². The van der Waals surface area contributed by atoms with E-state index in [0.29, 0.717) is 19.5 Å². The second-order valence-electron chi connectivity index (χ2n) is 6.21. The van der Waals surface area contributed by atoms with E-state index in [1.807, 2.05) is 10.3 Å². The summed E-state index contributed by atoms with van der Waals surface area (Å²) in [5.74, 6) is 0.265. The van der Waals surface area contributed by atoms with Gasteiger partial charge in [-0.1, -0.05) is 6.42 Å². The molecule has 1 N–H and O–H groups in total. The molecule has 1 aliphatic carbocycles. The SMILES string of the molecule is O=C(NCCN1CCCCCC1=O)c1csc2c1CCCC2. The fourth-order valence-electron chi connectivity index (χ4n) is 3.36. The Kier molecular flexibility index (Phi) is 5.13. The molecule has 1 saturated heterocycles. The molecule has 2 aliphatic rings. The largest absolute Gasteiger partial charge is 0.350 e. The van der Waals surface area contributed by atoms with E-state index in [1.165, 1.54) is 23.3 Å². The van der Waals surface area contributed by atoms with Gasteiger partial charge in [0.05, 0.1) is 5.56 Å². The highest BCUT2D eigenvalue weighted by atomic mass is 32.1. The molecule has 0 aromatic carbocycles. The van der Waals surface area contributed by atoms with E-state index < -0.39 is 0 Å². The Morgan fingerprint density at radius 2 is 1.95 bits per heavy atom. The maximum Gasteiger partial charge on any atom is 0.252 e. The number of hydrogen-bond acceptors (Lipinski definition) is 3. The molecule has 0 unspecified atom stereocenters. The lowest BCUT2D eigenvalue weighted by Gasteiger charge is -2.20. The van der Waals surface area contributed by atoms with Crippen LogP contribution in [-0.2, 0) is 17.6 Å². The van der Waals surface area contributed by atoms with E-state index >= 15 is 0 Å². The van der Waals surface area contributed by atoms with Crippen molar-refractivity contribution in [3.8, 4) is 0 Å². The lowest BCUT2D eigenvalue weighted by Crippen LogP contribution is -2.38. The minimum Gasteiger partial charge on any atom is -0.350 e. The van der Waals surface area contributed by atoms with Crippen LogP contribution in [0.5, 0.6) is 0 Å². The zero-order valence-corrected chi connectivity index (χ0v) is 13.8. The summed E-state index contributed by atoms with van der Waals surface area (Å²) in [4.78, 5) is 27.6. The number of rotatable bonds is 4. The van der Waals surface area contributed by atoms with Crippen molar-refractivity contribution in [1.82, 2.24) is 10.2 Å². The fraction of sp³-hybridized carbons (Fsp3) is 0.647. The predicted octanol–water partition coefficient (Wildman–Crippen LogP) is 2.76. The Morgan fingerprint density at radius 1 is 1.14 bits per heavy atom. The minimum atomic E-state index is 0.0293. The maximum atomic E-state index is 12.4. The average molecular weight is 320 g/mol. The molecule has 4 nitrogen and oxygen atoms in total. The zero-order chi connectivity index (χ0) is 15.4. The maximum absolute atomic E-state index is 12.4. The first-order valence-electron chi connectivity index (χ1n) is 8.41. The average Bonchev–Trinajstić information content (AvgIpc) is 2.86. The predicted molar refractivity (Wildman–Crippen MR) is 88.3 cm³/mol. The van der Waals surface area contributed by atoms with Crippen LogP contribution in [0.2, 0.25) is 0 Å². The molecule has 0 radical (unpaired) electrons. The van der Waals surface area contributed by atoms with E-state index in [9.17, 15) is 9.59 Å². The molecular formula is C17H24N2O2S. The molecule has 1 aliphatic heterocycles. The summed E-state index contributed by atoms with van der Waals surface area (Å²) in [5, 5.41) is 5.00. The van der Waals surface area contributed by atoms with Crippen molar-refractivity contribution in [1.29, 1.82) is 0 Å². The van der Waals surface area contributed by atoms with Gasteiger partial charge in [0.15, 0.2) is 0 Å². The number of thiophene rings is 1. The van der Waals surface area contributed by atoms with Gasteiger partial charge in [0.2, 0.25) is 5.91 Å². The van der Waals surface area contributed by atoms with Gasteiger partial charge in [0.25, 0.3) is 5.91 Å². The second-order valence-corrected chi connectivity index (χ2v) is 7.17. The summed E-state index contributed by atoms with van der Waals surface area (Å²) >= 11 is 1.72. The van der Waals surface area contributed by atoms with Crippen LogP contribution in [0.25, 0.3) is 0 Å². The van der Waals surface area contributed by atoms with Crippen molar-refractivity contribution >= 4 is 23.2 Å². The molecule has 22 heavy (non-hydrogen) atoms. The van der Waals surface area contributed by atoms with E-state index in [1.54, 1.807) is 11.3 Å². The molecule has 0 spiro atoms. The van der Waals surface area contributed by atoms with E-state index in [4.69, 9.17) is 0 Å². The van der Waals surface area contributed by atoms with Crippen molar-refractivity contribution < 1.29 is 9.59 Å². The first kappa shape index (κ1) is 15.5. The molecule has 120 valence electrons. The molecular weight excluding hydrogens is 296 g/mol. The van der Waals surface area contributed by atoms with Gasteiger partial charge in [0.1, 0.15) is 0 Å². The highest BCUT2D eigenvalue weighted by Gasteiger charge is 2.20. The van der Waals surface area contributed by atoms with Crippen molar-refractivity contribution in [2.45, 2.75) is 51.4 Å². The van der Waals surface area contributed by atoms with Gasteiger partial charge in [0, 0.05) is 36.3 Å². The molecule has 0 atom stereocenters. The summed E-state index contributed by atoms with van der Waals surface area (Å²) in [6.45, 7) is 2.02. The topological polar surface area (TPSA) is 49.4 Å². The smallest absolute Gasteiger partial charge is 0.252 e. The van der Waals surface area contributed by atoms with Crippen LogP contribution in [0.15, 0.2) is 5.38 Å². The van der Waals surface area contributed by atoms with E-state index in [0.717, 1.165) is 44.2 Å². The zero-order valence-electron chi connectivity index (χ0n) is 13.0. The number of aryl methyl sites for hydroxylation is 1. The standard InChI is InChI=1S/C17H24N2O2S/c20-16-8-2-1-5-10-19(16)11-9-18-17(21)14-12-22-15-7-4-3-6-13(14)15/h12H,1-11H2,(H,18,21). The Bertz CT molecular complexity index is 553. The number of likely N-dealkylation sites (tertiary alicyclic amines) is 1. The van der Waals surface area contributed by atoms with Crippen LogP contribution < -0.4 is 5.32 Å². The highest BCUT2D eigenvalue weighted by molar-refractivity contribution is 7.10.